The molecule has 1 aliphatic heterocycles. The van der Waals surface area contributed by atoms with E-state index in [2.05, 4.69) is 49.1 Å². The summed E-state index contributed by atoms with van der Waals surface area (Å²) in [6, 6.07) is 36.6. The second-order valence-electron chi connectivity index (χ2n) is 11.9. The van der Waals surface area contributed by atoms with E-state index in [-0.39, 0.29) is 28.4 Å². The predicted octanol–water partition coefficient (Wildman–Crippen LogP) is 9.70. The molecule has 6 aromatic rings. The highest BCUT2D eigenvalue weighted by molar-refractivity contribution is 6.42. The topological polar surface area (TPSA) is 37.4 Å². The van der Waals surface area contributed by atoms with E-state index >= 15 is 0 Å². The molecule has 0 bridgehead atoms. The molecule has 0 radical (unpaired) electrons. The van der Waals surface area contributed by atoms with Crippen molar-refractivity contribution in [1.29, 1.82) is 0 Å². The normalized spacial score (nSPS) is 15.0. The van der Waals surface area contributed by atoms with Gasteiger partial charge in [-0.25, -0.2) is 4.39 Å². The van der Waals surface area contributed by atoms with Crippen LogP contribution >= 0.6 is 0 Å². The van der Waals surface area contributed by atoms with E-state index in [1.165, 1.54) is 6.07 Å². The number of allylic oxidation sites excluding steroid dienone is 1. The lowest BCUT2D eigenvalue weighted by Gasteiger charge is -2.42. The van der Waals surface area contributed by atoms with Crippen molar-refractivity contribution in [1.82, 2.24) is 0 Å². The SMILES string of the molecule is CC1(C)c2ccccc2N(c2cccc(F)c2)c2ccc3cc(C=C4C(=O)c5cc6ccccc6cc5C4=O)ccc3c21. The largest absolute Gasteiger partial charge is 0.310 e. The summed E-state index contributed by atoms with van der Waals surface area (Å²) >= 11 is 0. The molecular weight excluding hydrogens is 533 g/mol. The molecule has 1 heterocycles. The van der Waals surface area contributed by atoms with Gasteiger partial charge in [-0.2, -0.15) is 0 Å². The minimum Gasteiger partial charge on any atom is -0.310 e. The van der Waals surface area contributed by atoms with E-state index in [9.17, 15) is 14.0 Å². The van der Waals surface area contributed by atoms with Crippen LogP contribution in [0.25, 0.3) is 27.6 Å². The van der Waals surface area contributed by atoms with Gasteiger partial charge in [-0.15, -0.1) is 0 Å². The summed E-state index contributed by atoms with van der Waals surface area (Å²) in [5.74, 6) is -0.759. The number of ketones is 2. The number of Topliss-reactive ketones (excluding diaryl/α,β-unsaturated/α-hetero) is 2. The van der Waals surface area contributed by atoms with Crippen molar-refractivity contribution in [3.8, 4) is 0 Å². The molecule has 0 fully saturated rings. The van der Waals surface area contributed by atoms with Gasteiger partial charge < -0.3 is 4.90 Å². The molecule has 0 saturated carbocycles. The summed E-state index contributed by atoms with van der Waals surface area (Å²) in [6.07, 6.45) is 1.72. The Morgan fingerprint density at radius 2 is 1.35 bits per heavy atom. The van der Waals surface area contributed by atoms with Crippen LogP contribution in [0, 0.1) is 5.82 Å². The molecule has 0 saturated heterocycles. The number of para-hydroxylation sites is 1. The summed E-state index contributed by atoms with van der Waals surface area (Å²) in [4.78, 5) is 28.9. The molecule has 8 rings (SSSR count). The van der Waals surface area contributed by atoms with Gasteiger partial charge in [0.05, 0.1) is 16.9 Å². The fourth-order valence-corrected chi connectivity index (χ4v) is 6.93. The number of halogens is 1. The summed E-state index contributed by atoms with van der Waals surface area (Å²) in [5.41, 5.74) is 6.63. The lowest BCUT2D eigenvalue weighted by molar-refractivity contribution is 0.0990. The average Bonchev–Trinajstić information content (AvgIpc) is 3.23. The van der Waals surface area contributed by atoms with Crippen LogP contribution in [-0.4, -0.2) is 11.6 Å². The maximum absolute atomic E-state index is 14.4. The number of hydrogen-bond donors (Lipinski definition) is 0. The maximum Gasteiger partial charge on any atom is 0.197 e. The molecule has 4 heteroatoms. The van der Waals surface area contributed by atoms with Gasteiger partial charge in [0.1, 0.15) is 5.82 Å². The number of carbonyl (C=O) groups excluding carboxylic acids is 2. The molecule has 1 aliphatic carbocycles. The Morgan fingerprint density at radius 3 is 2.07 bits per heavy atom. The Hall–Kier alpha value is -5.35. The molecular formula is C39H26FNO2. The van der Waals surface area contributed by atoms with E-state index in [1.807, 2.05) is 66.7 Å². The molecule has 2 aliphatic rings. The summed E-state index contributed by atoms with van der Waals surface area (Å²) in [6.45, 7) is 4.44. The number of rotatable bonds is 2. The third-order valence-corrected chi connectivity index (χ3v) is 8.95. The van der Waals surface area contributed by atoms with Gasteiger partial charge in [-0.05, 0) is 92.8 Å². The molecule has 0 unspecified atom stereocenters. The third-order valence-electron chi connectivity index (χ3n) is 8.95. The first-order valence-corrected chi connectivity index (χ1v) is 14.4. The standard InChI is InChI=1S/C39H26FNO2/c1-39(2)33-12-5-6-13-34(33)41(28-11-7-10-27(40)22-28)35-17-15-26-18-23(14-16-29(26)36(35)39)19-32-37(42)30-20-24-8-3-4-9-25(24)21-31(30)38(32)43/h3-22H,1-2H3. The Kier molecular flexibility index (Phi) is 5.35. The molecule has 0 aromatic heterocycles. The van der Waals surface area contributed by atoms with Crippen LogP contribution in [0.15, 0.2) is 121 Å². The number of benzene rings is 6. The first kappa shape index (κ1) is 25.4. The molecule has 0 N–H and O–H groups in total. The van der Waals surface area contributed by atoms with E-state index in [0.717, 1.165) is 55.3 Å². The zero-order valence-corrected chi connectivity index (χ0v) is 23.7. The average molecular weight is 560 g/mol. The van der Waals surface area contributed by atoms with Crippen LogP contribution in [0.4, 0.5) is 21.5 Å². The van der Waals surface area contributed by atoms with Crippen molar-refractivity contribution in [2.24, 2.45) is 0 Å². The van der Waals surface area contributed by atoms with E-state index in [1.54, 1.807) is 18.2 Å². The first-order chi connectivity index (χ1) is 20.8. The molecule has 0 amide bonds. The van der Waals surface area contributed by atoms with E-state index < -0.39 is 0 Å². The smallest absolute Gasteiger partial charge is 0.197 e. The quantitative estimate of drug-likeness (QED) is 0.157. The van der Waals surface area contributed by atoms with Gasteiger partial charge in [0.2, 0.25) is 0 Å². The molecule has 0 atom stereocenters. The number of fused-ring (bicyclic) bond motifs is 6. The second-order valence-corrected chi connectivity index (χ2v) is 11.9. The number of anilines is 3. The van der Waals surface area contributed by atoms with Crippen molar-refractivity contribution in [2.75, 3.05) is 4.90 Å². The van der Waals surface area contributed by atoms with Crippen LogP contribution in [0.2, 0.25) is 0 Å². The van der Waals surface area contributed by atoms with Gasteiger partial charge in [0, 0.05) is 22.2 Å². The molecule has 6 aromatic carbocycles. The fraction of sp³-hybridized carbons (Fsp3) is 0.0769. The van der Waals surface area contributed by atoms with E-state index in [0.29, 0.717) is 11.1 Å². The van der Waals surface area contributed by atoms with Crippen molar-refractivity contribution in [2.45, 2.75) is 19.3 Å². The third kappa shape index (κ3) is 3.73. The highest BCUT2D eigenvalue weighted by atomic mass is 19.1. The molecule has 43 heavy (non-hydrogen) atoms. The molecule has 206 valence electrons. The van der Waals surface area contributed by atoms with Crippen LogP contribution < -0.4 is 4.90 Å². The van der Waals surface area contributed by atoms with Crippen molar-refractivity contribution in [3.05, 3.63) is 154 Å². The molecule has 0 spiro atoms. The summed E-state index contributed by atoms with van der Waals surface area (Å²) in [7, 11) is 0. The Labute approximate surface area is 248 Å². The highest BCUT2D eigenvalue weighted by Crippen LogP contribution is 2.53. The second kappa shape index (κ2) is 9.07. The van der Waals surface area contributed by atoms with Crippen LogP contribution in [0.3, 0.4) is 0 Å². The van der Waals surface area contributed by atoms with Crippen LogP contribution in [0.5, 0.6) is 0 Å². The minimum atomic E-state index is -0.337. The lowest BCUT2D eigenvalue weighted by atomic mass is 9.71. The summed E-state index contributed by atoms with van der Waals surface area (Å²) < 4.78 is 14.4. The Morgan fingerprint density at radius 1 is 0.651 bits per heavy atom. The summed E-state index contributed by atoms with van der Waals surface area (Å²) in [5, 5.41) is 3.95. The zero-order valence-electron chi connectivity index (χ0n) is 23.7. The van der Waals surface area contributed by atoms with Crippen LogP contribution in [0.1, 0.15) is 51.3 Å². The van der Waals surface area contributed by atoms with Crippen molar-refractivity contribution < 1.29 is 14.0 Å². The highest BCUT2D eigenvalue weighted by Gasteiger charge is 2.38. The number of hydrogen-bond acceptors (Lipinski definition) is 3. The van der Waals surface area contributed by atoms with Gasteiger partial charge in [-0.3, -0.25) is 9.59 Å². The van der Waals surface area contributed by atoms with Gasteiger partial charge in [-0.1, -0.05) is 80.6 Å². The van der Waals surface area contributed by atoms with Crippen molar-refractivity contribution >= 4 is 56.2 Å². The Balaban J connectivity index is 1.27. The maximum atomic E-state index is 14.4. The molecule has 3 nitrogen and oxygen atoms in total. The zero-order chi connectivity index (χ0) is 29.5. The minimum absolute atomic E-state index is 0.189. The first-order valence-electron chi connectivity index (χ1n) is 14.4. The fourth-order valence-electron chi connectivity index (χ4n) is 6.93. The van der Waals surface area contributed by atoms with E-state index in [4.69, 9.17) is 0 Å². The number of nitrogens with zero attached hydrogens (tertiary/aromatic N) is 1. The van der Waals surface area contributed by atoms with Crippen LogP contribution in [-0.2, 0) is 5.41 Å². The lowest BCUT2D eigenvalue weighted by Crippen LogP contribution is -2.30. The van der Waals surface area contributed by atoms with Gasteiger partial charge in [0.25, 0.3) is 0 Å². The monoisotopic (exact) mass is 559 g/mol. The van der Waals surface area contributed by atoms with Gasteiger partial charge in [0.15, 0.2) is 11.6 Å². The Bertz CT molecular complexity index is 2170. The predicted molar refractivity (Wildman–Crippen MR) is 171 cm³/mol. The van der Waals surface area contributed by atoms with Gasteiger partial charge >= 0.3 is 0 Å². The number of carbonyl (C=O) groups is 2. The van der Waals surface area contributed by atoms with Crippen molar-refractivity contribution in [3.63, 3.8) is 0 Å².